The smallest absolute Gasteiger partial charge is 0.261 e. The molecule has 3 nitrogen and oxygen atoms in total. The number of carbonyl (C=O) groups is 1. The molecule has 3 aromatic rings. The predicted molar refractivity (Wildman–Crippen MR) is 100 cm³/mol. The first-order valence-electron chi connectivity index (χ1n) is 8.34. The average Bonchev–Trinajstić information content (AvgIpc) is 3.09. The van der Waals surface area contributed by atoms with Gasteiger partial charge in [0.05, 0.1) is 11.6 Å². The summed E-state index contributed by atoms with van der Waals surface area (Å²) in [6.07, 6.45) is 0.835. The number of hydrogen-bond acceptors (Lipinski definition) is 2. The van der Waals surface area contributed by atoms with Crippen LogP contribution in [0.5, 0.6) is 5.75 Å². The topological polar surface area (TPSA) is 38.3 Å². The minimum absolute atomic E-state index is 0.423. The maximum absolute atomic E-state index is 13.7. The number of hydrogen-bond donors (Lipinski definition) is 1. The van der Waals surface area contributed by atoms with Crippen molar-refractivity contribution in [3.8, 4) is 16.9 Å². The first-order valence-corrected chi connectivity index (χ1v) is 8.72. The highest BCUT2D eigenvalue weighted by molar-refractivity contribution is 6.33. The number of halogens is 3. The Bertz CT molecular complexity index is 1010. The van der Waals surface area contributed by atoms with E-state index in [1.54, 1.807) is 30.3 Å². The second-order valence-electron chi connectivity index (χ2n) is 6.17. The first-order chi connectivity index (χ1) is 13.0. The van der Waals surface area contributed by atoms with Gasteiger partial charge in [-0.25, -0.2) is 8.78 Å². The van der Waals surface area contributed by atoms with Gasteiger partial charge in [0.1, 0.15) is 22.9 Å². The van der Waals surface area contributed by atoms with Crippen molar-refractivity contribution in [1.82, 2.24) is 0 Å². The second-order valence-corrected chi connectivity index (χ2v) is 6.57. The third kappa shape index (κ3) is 3.38. The van der Waals surface area contributed by atoms with Crippen LogP contribution in [-0.2, 0) is 6.42 Å². The minimum Gasteiger partial charge on any atom is -0.493 e. The van der Waals surface area contributed by atoms with Crippen molar-refractivity contribution in [2.24, 2.45) is 0 Å². The lowest BCUT2D eigenvalue weighted by Crippen LogP contribution is -2.15. The van der Waals surface area contributed by atoms with E-state index in [1.807, 2.05) is 6.07 Å². The van der Waals surface area contributed by atoms with E-state index in [0.29, 0.717) is 17.3 Å². The number of amides is 1. The Morgan fingerprint density at radius 3 is 2.44 bits per heavy atom. The highest BCUT2D eigenvalue weighted by Crippen LogP contribution is 2.37. The molecule has 1 aliphatic rings. The quantitative estimate of drug-likeness (QED) is 0.649. The van der Waals surface area contributed by atoms with Gasteiger partial charge in [-0.3, -0.25) is 4.79 Å². The Kier molecular flexibility index (Phi) is 4.54. The molecule has 0 fully saturated rings. The maximum atomic E-state index is 13.7. The van der Waals surface area contributed by atoms with Gasteiger partial charge in [-0.1, -0.05) is 29.8 Å². The molecular weight excluding hydrogens is 372 g/mol. The minimum atomic E-state index is -0.906. The van der Waals surface area contributed by atoms with E-state index >= 15 is 0 Å². The fourth-order valence-electron chi connectivity index (χ4n) is 3.06. The van der Waals surface area contributed by atoms with Crippen LogP contribution >= 0.6 is 11.6 Å². The summed E-state index contributed by atoms with van der Waals surface area (Å²) < 4.78 is 32.9. The molecule has 0 radical (unpaired) electrons. The molecule has 0 unspecified atom stereocenters. The second kappa shape index (κ2) is 7.00. The highest BCUT2D eigenvalue weighted by atomic mass is 35.5. The molecule has 0 atom stereocenters. The SMILES string of the molecule is O=C(Nc1ccc(-c2cc3c(cc2Cl)OCC3)cc1)c1c(F)cccc1F. The zero-order valence-electron chi connectivity index (χ0n) is 14.1. The fraction of sp³-hybridized carbons (Fsp3) is 0.0952. The van der Waals surface area contributed by atoms with Gasteiger partial charge in [-0.2, -0.15) is 0 Å². The van der Waals surface area contributed by atoms with E-state index in [1.165, 1.54) is 6.07 Å². The lowest BCUT2D eigenvalue weighted by atomic mass is 10.0. The Morgan fingerprint density at radius 2 is 1.74 bits per heavy atom. The number of anilines is 1. The van der Waals surface area contributed by atoms with Crippen molar-refractivity contribution < 1.29 is 18.3 Å². The van der Waals surface area contributed by atoms with Crippen molar-refractivity contribution in [3.05, 3.63) is 82.4 Å². The fourth-order valence-corrected chi connectivity index (χ4v) is 3.33. The molecule has 1 heterocycles. The molecule has 0 aliphatic carbocycles. The van der Waals surface area contributed by atoms with Crippen molar-refractivity contribution in [3.63, 3.8) is 0 Å². The van der Waals surface area contributed by atoms with Crippen LogP contribution in [0, 0.1) is 11.6 Å². The molecule has 0 saturated heterocycles. The summed E-state index contributed by atoms with van der Waals surface area (Å²) in [4.78, 5) is 12.2. The molecule has 4 rings (SSSR count). The predicted octanol–water partition coefficient (Wildman–Crippen LogP) is 5.47. The largest absolute Gasteiger partial charge is 0.493 e. The average molecular weight is 386 g/mol. The molecule has 0 bridgehead atoms. The van der Waals surface area contributed by atoms with E-state index in [4.69, 9.17) is 16.3 Å². The Balaban J connectivity index is 1.57. The summed E-state index contributed by atoms with van der Waals surface area (Å²) in [6, 6.07) is 14.0. The lowest BCUT2D eigenvalue weighted by Gasteiger charge is -2.10. The van der Waals surface area contributed by atoms with Gasteiger partial charge in [0, 0.05) is 17.7 Å². The zero-order valence-corrected chi connectivity index (χ0v) is 14.8. The van der Waals surface area contributed by atoms with E-state index < -0.39 is 23.1 Å². The van der Waals surface area contributed by atoms with Crippen LogP contribution in [0.4, 0.5) is 14.5 Å². The summed E-state index contributed by atoms with van der Waals surface area (Å²) in [5.74, 6) is -1.85. The first kappa shape index (κ1) is 17.5. The van der Waals surface area contributed by atoms with Crippen LogP contribution in [-0.4, -0.2) is 12.5 Å². The van der Waals surface area contributed by atoms with Crippen LogP contribution in [0.25, 0.3) is 11.1 Å². The van der Waals surface area contributed by atoms with Crippen molar-refractivity contribution in [2.75, 3.05) is 11.9 Å². The van der Waals surface area contributed by atoms with Crippen LogP contribution in [0.1, 0.15) is 15.9 Å². The van der Waals surface area contributed by atoms with Crippen molar-refractivity contribution in [1.29, 1.82) is 0 Å². The van der Waals surface area contributed by atoms with Gasteiger partial charge in [-0.15, -0.1) is 0 Å². The van der Waals surface area contributed by atoms with Crippen molar-refractivity contribution >= 4 is 23.2 Å². The molecule has 0 spiro atoms. The van der Waals surface area contributed by atoms with Gasteiger partial charge < -0.3 is 10.1 Å². The van der Waals surface area contributed by atoms with Gasteiger partial charge in [-0.05, 0) is 47.5 Å². The van der Waals surface area contributed by atoms with Crippen molar-refractivity contribution in [2.45, 2.75) is 6.42 Å². The monoisotopic (exact) mass is 385 g/mol. The van der Waals surface area contributed by atoms with Crippen LogP contribution in [0.2, 0.25) is 5.02 Å². The molecule has 27 heavy (non-hydrogen) atoms. The molecule has 1 N–H and O–H groups in total. The molecule has 6 heteroatoms. The summed E-state index contributed by atoms with van der Waals surface area (Å²) >= 11 is 6.35. The molecule has 1 aliphatic heterocycles. The van der Waals surface area contributed by atoms with Crippen LogP contribution in [0.3, 0.4) is 0 Å². The number of nitrogens with one attached hydrogen (secondary N) is 1. The van der Waals surface area contributed by atoms with E-state index in [-0.39, 0.29) is 0 Å². The van der Waals surface area contributed by atoms with Gasteiger partial charge in [0.25, 0.3) is 5.91 Å². The van der Waals surface area contributed by atoms with Crippen LogP contribution < -0.4 is 10.1 Å². The third-order valence-electron chi connectivity index (χ3n) is 4.42. The molecule has 0 aromatic heterocycles. The Labute approximate surface area is 159 Å². The van der Waals surface area contributed by atoms with Gasteiger partial charge in [0.15, 0.2) is 0 Å². The molecular formula is C21H14ClF2NO2. The van der Waals surface area contributed by atoms with Crippen LogP contribution in [0.15, 0.2) is 54.6 Å². The number of carbonyl (C=O) groups excluding carboxylic acids is 1. The Morgan fingerprint density at radius 1 is 1.04 bits per heavy atom. The third-order valence-corrected chi connectivity index (χ3v) is 4.74. The normalized spacial score (nSPS) is 12.4. The van der Waals surface area contributed by atoms with E-state index in [0.717, 1.165) is 41.0 Å². The maximum Gasteiger partial charge on any atom is 0.261 e. The Hall–Kier alpha value is -2.92. The summed E-state index contributed by atoms with van der Waals surface area (Å²) in [5, 5.41) is 3.07. The summed E-state index contributed by atoms with van der Waals surface area (Å²) in [5.41, 5.74) is 2.64. The van der Waals surface area contributed by atoms with E-state index in [9.17, 15) is 13.6 Å². The standard InChI is InChI=1S/C21H14ClF2NO2/c22-16-11-19-13(8-9-27-19)10-15(16)12-4-6-14(7-5-12)25-21(26)20-17(23)2-1-3-18(20)24/h1-7,10-11H,8-9H2,(H,25,26). The summed E-state index contributed by atoms with van der Waals surface area (Å²) in [7, 11) is 0. The number of rotatable bonds is 3. The molecule has 1 amide bonds. The molecule has 0 saturated carbocycles. The summed E-state index contributed by atoms with van der Waals surface area (Å²) in [6.45, 7) is 0.646. The number of fused-ring (bicyclic) bond motifs is 1. The molecule has 136 valence electrons. The van der Waals surface area contributed by atoms with E-state index in [2.05, 4.69) is 5.32 Å². The number of ether oxygens (including phenoxy) is 1. The zero-order chi connectivity index (χ0) is 19.0. The number of benzene rings is 3. The highest BCUT2D eigenvalue weighted by Gasteiger charge is 2.18. The lowest BCUT2D eigenvalue weighted by molar-refractivity contribution is 0.101. The van der Waals surface area contributed by atoms with Gasteiger partial charge >= 0.3 is 0 Å². The molecule has 3 aromatic carbocycles. The van der Waals surface area contributed by atoms with Gasteiger partial charge in [0.2, 0.25) is 0 Å².